The summed E-state index contributed by atoms with van der Waals surface area (Å²) in [6, 6.07) is 0.435. The zero-order valence-electron chi connectivity index (χ0n) is 12.1. The fourth-order valence-electron chi connectivity index (χ4n) is 3.64. The van der Waals surface area contributed by atoms with Crippen LogP contribution in [-0.2, 0) is 0 Å². The van der Waals surface area contributed by atoms with E-state index in [0.29, 0.717) is 17.5 Å². The molecule has 1 aliphatic rings. The molecule has 0 aromatic rings. The fourth-order valence-corrected chi connectivity index (χ4v) is 3.64. The molecule has 1 atom stereocenters. The summed E-state index contributed by atoms with van der Waals surface area (Å²) in [6.07, 6.45) is 6.49. The van der Waals surface area contributed by atoms with Crippen molar-refractivity contribution in [1.82, 2.24) is 10.3 Å². The Kier molecular flexibility index (Phi) is 5.90. The Morgan fingerprint density at radius 3 is 2.06 bits per heavy atom. The highest BCUT2D eigenvalue weighted by Gasteiger charge is 2.44. The molecule has 102 valence electrons. The van der Waals surface area contributed by atoms with Crippen LogP contribution >= 0.6 is 0 Å². The minimum atomic E-state index is 0.308. The number of nitrogens with zero attached hydrogens (tertiary/aromatic N) is 1. The summed E-state index contributed by atoms with van der Waals surface area (Å²) >= 11 is 0. The highest BCUT2D eigenvalue weighted by Crippen LogP contribution is 2.39. The van der Waals surface area contributed by atoms with E-state index in [1.54, 1.807) is 0 Å². The van der Waals surface area contributed by atoms with Gasteiger partial charge in [0.2, 0.25) is 0 Å². The number of hydrogen-bond acceptors (Lipinski definition) is 3. The molecule has 1 aliphatic carbocycles. The molecular weight excluding hydrogens is 210 g/mol. The molecule has 1 rings (SSSR count). The number of hydrazine groups is 1. The van der Waals surface area contributed by atoms with Crippen molar-refractivity contribution in [1.29, 1.82) is 0 Å². The topological polar surface area (TPSA) is 41.3 Å². The second kappa shape index (κ2) is 6.72. The third-order valence-corrected chi connectivity index (χ3v) is 4.42. The minimum Gasteiger partial charge on any atom is -0.297 e. The van der Waals surface area contributed by atoms with Crippen LogP contribution in [-0.4, -0.2) is 29.6 Å². The lowest BCUT2D eigenvalue weighted by molar-refractivity contribution is 0.0548. The van der Waals surface area contributed by atoms with Gasteiger partial charge in [-0.25, -0.2) is 0 Å². The van der Waals surface area contributed by atoms with Gasteiger partial charge in [0, 0.05) is 11.6 Å². The Bertz CT molecular complexity index is 206. The van der Waals surface area contributed by atoms with Gasteiger partial charge in [-0.05, 0) is 38.3 Å². The molecule has 1 fully saturated rings. The molecule has 0 radical (unpaired) electrons. The smallest absolute Gasteiger partial charge is 0.0397 e. The third-order valence-electron chi connectivity index (χ3n) is 4.42. The lowest BCUT2D eigenvalue weighted by Gasteiger charge is -2.46. The summed E-state index contributed by atoms with van der Waals surface area (Å²) in [6.45, 7) is 11.4. The Hall–Kier alpha value is -0.120. The maximum atomic E-state index is 5.86. The summed E-state index contributed by atoms with van der Waals surface area (Å²) in [4.78, 5) is 2.63. The number of rotatable bonds is 7. The van der Waals surface area contributed by atoms with Crippen molar-refractivity contribution in [2.45, 2.75) is 71.4 Å². The lowest BCUT2D eigenvalue weighted by atomic mass is 9.82. The first kappa shape index (κ1) is 14.9. The molecule has 0 heterocycles. The summed E-state index contributed by atoms with van der Waals surface area (Å²) in [5.41, 5.74) is 3.43. The van der Waals surface area contributed by atoms with Crippen molar-refractivity contribution < 1.29 is 0 Å². The molecule has 0 spiro atoms. The van der Waals surface area contributed by atoms with Crippen LogP contribution in [0.25, 0.3) is 0 Å². The number of nitrogens with two attached hydrogens (primary N) is 1. The monoisotopic (exact) mass is 241 g/mol. The van der Waals surface area contributed by atoms with E-state index < -0.39 is 0 Å². The maximum Gasteiger partial charge on any atom is 0.0397 e. The van der Waals surface area contributed by atoms with E-state index in [-0.39, 0.29) is 0 Å². The molecular formula is C14H31N3. The predicted molar refractivity (Wildman–Crippen MR) is 74.7 cm³/mol. The summed E-state index contributed by atoms with van der Waals surface area (Å²) in [7, 11) is 0. The highest BCUT2D eigenvalue weighted by atomic mass is 15.3. The zero-order valence-corrected chi connectivity index (χ0v) is 12.1. The Labute approximate surface area is 107 Å². The van der Waals surface area contributed by atoms with E-state index in [1.807, 2.05) is 0 Å². The number of likely N-dealkylation sites (N-methyl/N-ethyl adjacent to an activating group) is 1. The van der Waals surface area contributed by atoms with Gasteiger partial charge >= 0.3 is 0 Å². The Morgan fingerprint density at radius 1 is 1.18 bits per heavy atom. The second-order valence-corrected chi connectivity index (χ2v) is 5.83. The van der Waals surface area contributed by atoms with E-state index in [2.05, 4.69) is 38.0 Å². The molecule has 1 saturated carbocycles. The molecule has 1 unspecified atom stereocenters. The normalized spacial score (nSPS) is 21.4. The van der Waals surface area contributed by atoms with E-state index in [9.17, 15) is 0 Å². The molecule has 0 saturated heterocycles. The van der Waals surface area contributed by atoms with E-state index in [4.69, 9.17) is 5.84 Å². The highest BCUT2D eigenvalue weighted by molar-refractivity contribution is 5.02. The second-order valence-electron chi connectivity index (χ2n) is 5.83. The first-order chi connectivity index (χ1) is 8.10. The molecule has 3 N–H and O–H groups in total. The Morgan fingerprint density at radius 2 is 1.71 bits per heavy atom. The first-order valence-corrected chi connectivity index (χ1v) is 7.31. The molecule has 0 aromatic carbocycles. The van der Waals surface area contributed by atoms with Gasteiger partial charge in [0.05, 0.1) is 0 Å². The number of nitrogens with one attached hydrogen (secondary N) is 1. The van der Waals surface area contributed by atoms with Gasteiger partial charge < -0.3 is 0 Å². The largest absolute Gasteiger partial charge is 0.297 e. The first-order valence-electron chi connectivity index (χ1n) is 7.31. The van der Waals surface area contributed by atoms with Crippen molar-refractivity contribution >= 4 is 0 Å². The van der Waals surface area contributed by atoms with Crippen molar-refractivity contribution in [3.63, 3.8) is 0 Å². The van der Waals surface area contributed by atoms with Gasteiger partial charge in [0.15, 0.2) is 0 Å². The van der Waals surface area contributed by atoms with Crippen LogP contribution in [0.2, 0.25) is 0 Å². The molecule has 0 bridgehead atoms. The van der Waals surface area contributed by atoms with Gasteiger partial charge in [-0.2, -0.15) is 0 Å². The molecule has 0 amide bonds. The van der Waals surface area contributed by atoms with Crippen LogP contribution < -0.4 is 11.3 Å². The molecule has 3 heteroatoms. The van der Waals surface area contributed by atoms with E-state index in [1.165, 1.54) is 32.1 Å². The van der Waals surface area contributed by atoms with Gasteiger partial charge in [0.1, 0.15) is 0 Å². The molecule has 3 nitrogen and oxygen atoms in total. The molecule has 0 aromatic heterocycles. The molecule has 17 heavy (non-hydrogen) atoms. The molecule has 0 aliphatic heterocycles. The zero-order chi connectivity index (χ0) is 12.9. The third kappa shape index (κ3) is 3.21. The average Bonchev–Trinajstić information content (AvgIpc) is 2.77. The Balaban J connectivity index is 2.87. The van der Waals surface area contributed by atoms with Gasteiger partial charge in [-0.15, -0.1) is 0 Å². The van der Waals surface area contributed by atoms with Gasteiger partial charge in [-0.3, -0.25) is 16.2 Å². The van der Waals surface area contributed by atoms with Crippen molar-refractivity contribution in [3.8, 4) is 0 Å². The quantitative estimate of drug-likeness (QED) is 0.531. The maximum absolute atomic E-state index is 5.86. The van der Waals surface area contributed by atoms with Crippen LogP contribution in [0.5, 0.6) is 0 Å². The summed E-state index contributed by atoms with van der Waals surface area (Å²) in [5, 5.41) is 0. The van der Waals surface area contributed by atoms with Crippen LogP contribution in [0.1, 0.15) is 59.8 Å². The van der Waals surface area contributed by atoms with Crippen molar-refractivity contribution in [2.75, 3.05) is 13.1 Å². The minimum absolute atomic E-state index is 0.308. The van der Waals surface area contributed by atoms with Crippen molar-refractivity contribution in [3.05, 3.63) is 0 Å². The average molecular weight is 241 g/mol. The van der Waals surface area contributed by atoms with Crippen LogP contribution in [0.3, 0.4) is 0 Å². The van der Waals surface area contributed by atoms with E-state index >= 15 is 0 Å². The van der Waals surface area contributed by atoms with Gasteiger partial charge in [-0.1, -0.05) is 40.5 Å². The van der Waals surface area contributed by atoms with E-state index in [0.717, 1.165) is 13.1 Å². The predicted octanol–water partition coefficient (Wildman–Crippen LogP) is 2.52. The number of hydrogen-bond donors (Lipinski definition) is 2. The van der Waals surface area contributed by atoms with Crippen LogP contribution in [0.15, 0.2) is 0 Å². The lowest BCUT2D eigenvalue weighted by Crippen LogP contribution is -2.61. The summed E-state index contributed by atoms with van der Waals surface area (Å²) < 4.78 is 0. The fraction of sp³-hybridized carbons (Fsp3) is 1.00. The SMILES string of the molecule is CCN(CC)C1(C(CC(C)C)NN)CCCC1. The standard InChI is InChI=1S/C14H31N3/c1-5-17(6-2)14(9-7-8-10-14)13(16-15)11-12(3)4/h12-13,16H,5-11,15H2,1-4H3. The summed E-state index contributed by atoms with van der Waals surface area (Å²) in [5.74, 6) is 6.55. The van der Waals surface area contributed by atoms with Gasteiger partial charge in [0.25, 0.3) is 0 Å². The van der Waals surface area contributed by atoms with Crippen LogP contribution in [0, 0.1) is 5.92 Å². The van der Waals surface area contributed by atoms with Crippen molar-refractivity contribution in [2.24, 2.45) is 11.8 Å². The van der Waals surface area contributed by atoms with Crippen LogP contribution in [0.4, 0.5) is 0 Å².